The highest BCUT2D eigenvalue weighted by Gasteiger charge is 2.42. The van der Waals surface area contributed by atoms with Gasteiger partial charge in [-0.15, -0.1) is 0 Å². The molecule has 0 saturated carbocycles. The van der Waals surface area contributed by atoms with Crippen LogP contribution in [0.3, 0.4) is 0 Å². The van der Waals surface area contributed by atoms with Crippen molar-refractivity contribution >= 4 is 17.8 Å². The summed E-state index contributed by atoms with van der Waals surface area (Å²) in [6, 6.07) is 8.04. The lowest BCUT2D eigenvalue weighted by Crippen LogP contribution is -2.50. The molecule has 2 fully saturated rings. The van der Waals surface area contributed by atoms with Gasteiger partial charge < -0.3 is 20.3 Å². The topological polar surface area (TPSA) is 97.7 Å². The van der Waals surface area contributed by atoms with Crippen molar-refractivity contribution in [1.29, 1.82) is 0 Å². The molecule has 0 aliphatic carbocycles. The first-order valence-corrected chi connectivity index (χ1v) is 9.02. The van der Waals surface area contributed by atoms with E-state index in [2.05, 4.69) is 10.6 Å². The van der Waals surface area contributed by atoms with Crippen LogP contribution in [0.4, 0.5) is 0 Å². The molecule has 3 atom stereocenters. The van der Waals surface area contributed by atoms with E-state index in [0.717, 1.165) is 5.56 Å². The Morgan fingerprint density at radius 3 is 2.62 bits per heavy atom. The molecule has 0 aromatic heterocycles. The Morgan fingerprint density at radius 2 is 2.00 bits per heavy atom. The molecule has 140 valence electrons. The van der Waals surface area contributed by atoms with Crippen molar-refractivity contribution < 1.29 is 19.1 Å². The van der Waals surface area contributed by atoms with Gasteiger partial charge in [0.1, 0.15) is 18.7 Å². The molecule has 2 N–H and O–H groups in total. The van der Waals surface area contributed by atoms with Crippen molar-refractivity contribution in [2.45, 2.75) is 45.0 Å². The van der Waals surface area contributed by atoms with Gasteiger partial charge in [0.05, 0.1) is 6.04 Å². The minimum Gasteiger partial charge on any atom is -0.459 e. The number of hydrogen-bond acceptors (Lipinski definition) is 5. The van der Waals surface area contributed by atoms with E-state index in [-0.39, 0.29) is 30.4 Å². The van der Waals surface area contributed by atoms with Crippen LogP contribution in [0.15, 0.2) is 30.3 Å². The minimum atomic E-state index is -0.646. The number of esters is 1. The van der Waals surface area contributed by atoms with E-state index in [0.29, 0.717) is 19.5 Å². The van der Waals surface area contributed by atoms with E-state index in [1.807, 2.05) is 44.2 Å². The maximum absolute atomic E-state index is 12.7. The Kier molecular flexibility index (Phi) is 5.56. The molecule has 0 bridgehead atoms. The number of nitrogens with zero attached hydrogens (tertiary/aromatic N) is 1. The van der Waals surface area contributed by atoms with Crippen LogP contribution in [-0.2, 0) is 25.7 Å². The van der Waals surface area contributed by atoms with Gasteiger partial charge in [-0.1, -0.05) is 44.2 Å². The lowest BCUT2D eigenvalue weighted by molar-refractivity contribution is -0.157. The molecule has 2 aliphatic rings. The van der Waals surface area contributed by atoms with E-state index in [1.54, 1.807) is 4.90 Å². The van der Waals surface area contributed by atoms with E-state index >= 15 is 0 Å². The second-order valence-electron chi connectivity index (χ2n) is 7.12. The van der Waals surface area contributed by atoms with E-state index in [1.165, 1.54) is 0 Å². The average Bonchev–Trinajstić information content (AvgIpc) is 3.42. The van der Waals surface area contributed by atoms with Gasteiger partial charge in [-0.05, 0) is 17.9 Å². The first-order valence-electron chi connectivity index (χ1n) is 9.02. The summed E-state index contributed by atoms with van der Waals surface area (Å²) in [6.45, 7) is 5.05. The predicted molar refractivity (Wildman–Crippen MR) is 94.9 cm³/mol. The summed E-state index contributed by atoms with van der Waals surface area (Å²) in [4.78, 5) is 38.7. The number of amides is 2. The molecule has 1 aromatic rings. The van der Waals surface area contributed by atoms with E-state index in [4.69, 9.17) is 4.74 Å². The molecular weight excluding hydrogens is 334 g/mol. The van der Waals surface area contributed by atoms with Crippen molar-refractivity contribution in [3.8, 4) is 0 Å². The maximum Gasteiger partial charge on any atom is 0.329 e. The molecule has 0 radical (unpaired) electrons. The molecule has 7 heteroatoms. The molecular formula is C19H25N3O4. The standard InChI is InChI=1S/C19H25N3O4/c1-12(2)16(19(25)26-11-13-6-4-3-5-7-13)22-9-8-14(18(22)24)21-17(23)15-10-20-15/h3-7,12,14-16,20H,8-11H2,1-2H3,(H,21,23)/t14-,15-,16+/m1/s1. The molecule has 0 unspecified atom stereocenters. The quantitative estimate of drug-likeness (QED) is 0.544. The molecule has 7 nitrogen and oxygen atoms in total. The van der Waals surface area contributed by atoms with Gasteiger partial charge in [0.15, 0.2) is 0 Å². The van der Waals surface area contributed by atoms with Gasteiger partial charge in [0.2, 0.25) is 11.8 Å². The highest BCUT2D eigenvalue weighted by molar-refractivity contribution is 5.94. The molecule has 26 heavy (non-hydrogen) atoms. The summed E-state index contributed by atoms with van der Waals surface area (Å²) in [7, 11) is 0. The van der Waals surface area contributed by atoms with Gasteiger partial charge in [0, 0.05) is 13.1 Å². The van der Waals surface area contributed by atoms with Crippen molar-refractivity contribution in [1.82, 2.24) is 15.5 Å². The van der Waals surface area contributed by atoms with Crippen molar-refractivity contribution in [3.63, 3.8) is 0 Å². The second-order valence-corrected chi connectivity index (χ2v) is 7.12. The number of carbonyl (C=O) groups is 3. The number of benzene rings is 1. The summed E-state index contributed by atoms with van der Waals surface area (Å²) in [5.74, 6) is -0.859. The third-order valence-corrected chi connectivity index (χ3v) is 4.71. The Hall–Kier alpha value is -2.41. The van der Waals surface area contributed by atoms with Gasteiger partial charge in [-0.3, -0.25) is 9.59 Å². The summed E-state index contributed by atoms with van der Waals surface area (Å²) in [5.41, 5.74) is 0.901. The summed E-state index contributed by atoms with van der Waals surface area (Å²) in [5, 5.41) is 5.68. The largest absolute Gasteiger partial charge is 0.459 e. The van der Waals surface area contributed by atoms with Crippen molar-refractivity contribution in [2.75, 3.05) is 13.1 Å². The third-order valence-electron chi connectivity index (χ3n) is 4.71. The van der Waals surface area contributed by atoms with Crippen LogP contribution >= 0.6 is 0 Å². The Balaban J connectivity index is 1.60. The SMILES string of the molecule is CC(C)[C@@H](C(=O)OCc1ccccc1)N1CC[C@@H](NC(=O)[C@H]2CN2)C1=O. The Morgan fingerprint density at radius 1 is 1.31 bits per heavy atom. The molecule has 1 aromatic carbocycles. The molecule has 0 spiro atoms. The van der Waals surface area contributed by atoms with E-state index < -0.39 is 18.1 Å². The lowest BCUT2D eigenvalue weighted by atomic mass is 10.0. The van der Waals surface area contributed by atoms with Gasteiger partial charge in [-0.25, -0.2) is 4.79 Å². The second kappa shape index (κ2) is 7.86. The smallest absolute Gasteiger partial charge is 0.329 e. The number of ether oxygens (including phenoxy) is 1. The predicted octanol–water partition coefficient (Wildman–Crippen LogP) is 0.443. The zero-order valence-electron chi connectivity index (χ0n) is 15.1. The zero-order chi connectivity index (χ0) is 18.7. The Labute approximate surface area is 153 Å². The third kappa shape index (κ3) is 4.22. The van der Waals surface area contributed by atoms with Gasteiger partial charge in [0.25, 0.3) is 0 Å². The fourth-order valence-corrected chi connectivity index (χ4v) is 3.20. The lowest BCUT2D eigenvalue weighted by Gasteiger charge is -2.29. The summed E-state index contributed by atoms with van der Waals surface area (Å²) < 4.78 is 5.45. The Bertz CT molecular complexity index is 673. The normalized spacial score (nSPS) is 23.0. The number of nitrogens with one attached hydrogen (secondary N) is 2. The maximum atomic E-state index is 12.7. The molecule has 2 saturated heterocycles. The fourth-order valence-electron chi connectivity index (χ4n) is 3.20. The summed E-state index contributed by atoms with van der Waals surface area (Å²) in [6.07, 6.45) is 0.506. The average molecular weight is 359 g/mol. The number of carbonyl (C=O) groups excluding carboxylic acids is 3. The molecule has 2 amide bonds. The molecule has 2 heterocycles. The van der Waals surface area contributed by atoms with Crippen molar-refractivity contribution in [2.24, 2.45) is 5.92 Å². The van der Waals surface area contributed by atoms with Crippen molar-refractivity contribution in [3.05, 3.63) is 35.9 Å². The van der Waals surface area contributed by atoms with Crippen LogP contribution in [0.25, 0.3) is 0 Å². The van der Waals surface area contributed by atoms with Gasteiger partial charge in [-0.2, -0.15) is 0 Å². The number of rotatable bonds is 7. The monoisotopic (exact) mass is 359 g/mol. The highest BCUT2D eigenvalue weighted by atomic mass is 16.5. The summed E-state index contributed by atoms with van der Waals surface area (Å²) >= 11 is 0. The fraction of sp³-hybridized carbons (Fsp3) is 0.526. The van der Waals surface area contributed by atoms with Crippen LogP contribution in [0, 0.1) is 5.92 Å². The van der Waals surface area contributed by atoms with Crippen LogP contribution in [0.5, 0.6) is 0 Å². The first kappa shape index (κ1) is 18.4. The zero-order valence-corrected chi connectivity index (χ0v) is 15.1. The van der Waals surface area contributed by atoms with Gasteiger partial charge >= 0.3 is 5.97 Å². The van der Waals surface area contributed by atoms with Crippen LogP contribution in [-0.4, -0.2) is 53.9 Å². The van der Waals surface area contributed by atoms with Crippen LogP contribution in [0.2, 0.25) is 0 Å². The molecule has 2 aliphatic heterocycles. The number of hydrogen-bond donors (Lipinski definition) is 2. The number of likely N-dealkylation sites (tertiary alicyclic amines) is 1. The highest BCUT2D eigenvalue weighted by Crippen LogP contribution is 2.21. The van der Waals surface area contributed by atoms with E-state index in [9.17, 15) is 14.4 Å². The first-order chi connectivity index (χ1) is 12.5. The van der Waals surface area contributed by atoms with Crippen LogP contribution in [0.1, 0.15) is 25.8 Å². The molecule has 3 rings (SSSR count). The minimum absolute atomic E-state index is 0.0817. The van der Waals surface area contributed by atoms with Crippen LogP contribution < -0.4 is 10.6 Å².